The molecule has 0 aromatic carbocycles. The lowest BCUT2D eigenvalue weighted by Gasteiger charge is -2.14. The second kappa shape index (κ2) is 6.45. The van der Waals surface area contributed by atoms with Crippen molar-refractivity contribution in [1.82, 2.24) is 10.6 Å². The molecule has 0 aromatic rings. The van der Waals surface area contributed by atoms with Crippen molar-refractivity contribution in [1.29, 1.82) is 0 Å². The maximum atomic E-state index is 11.3. The van der Waals surface area contributed by atoms with Gasteiger partial charge in [-0.1, -0.05) is 13.8 Å². The van der Waals surface area contributed by atoms with Gasteiger partial charge >= 0.3 is 6.03 Å². The molecule has 0 saturated carbocycles. The normalized spacial score (nSPS) is 16.3. The molecule has 0 bridgehead atoms. The average molecular weight is 212 g/mol. The first-order chi connectivity index (χ1) is 7.18. The third-order valence-electron chi connectivity index (χ3n) is 2.21. The maximum Gasteiger partial charge on any atom is 0.318 e. The first kappa shape index (κ1) is 12.0. The molecule has 1 heterocycles. The molecule has 1 aliphatic heterocycles. The highest BCUT2D eigenvalue weighted by Crippen LogP contribution is 2.11. The van der Waals surface area contributed by atoms with Crippen LogP contribution in [0.15, 0.2) is 11.8 Å². The highest BCUT2D eigenvalue weighted by Gasteiger charge is 2.05. The van der Waals surface area contributed by atoms with E-state index in [2.05, 4.69) is 24.5 Å². The first-order valence-corrected chi connectivity index (χ1v) is 5.48. The fraction of sp³-hybridized carbons (Fsp3) is 0.727. The summed E-state index contributed by atoms with van der Waals surface area (Å²) in [5.74, 6) is 0.478. The zero-order valence-corrected chi connectivity index (χ0v) is 9.51. The van der Waals surface area contributed by atoms with Crippen LogP contribution in [0.5, 0.6) is 0 Å². The van der Waals surface area contributed by atoms with Crippen LogP contribution in [0.1, 0.15) is 26.7 Å². The molecule has 4 nitrogen and oxygen atoms in total. The number of ether oxygens (including phenoxy) is 1. The molecule has 0 aliphatic carbocycles. The number of urea groups is 1. The quantitative estimate of drug-likeness (QED) is 0.747. The molecule has 0 unspecified atom stereocenters. The molecule has 2 N–H and O–H groups in total. The largest absolute Gasteiger partial charge is 0.381 e. The minimum atomic E-state index is -0.123. The topological polar surface area (TPSA) is 50.4 Å². The van der Waals surface area contributed by atoms with Gasteiger partial charge in [0, 0.05) is 12.7 Å². The second-order valence-corrected chi connectivity index (χ2v) is 4.16. The Kier molecular flexibility index (Phi) is 5.18. The van der Waals surface area contributed by atoms with Crippen LogP contribution < -0.4 is 10.6 Å². The summed E-state index contributed by atoms with van der Waals surface area (Å²) >= 11 is 0. The van der Waals surface area contributed by atoms with E-state index in [1.807, 2.05) is 0 Å². The SMILES string of the molecule is CC(C)CNC(=O)NC=C1CCOCC1. The lowest BCUT2D eigenvalue weighted by Crippen LogP contribution is -2.35. The molecule has 1 aliphatic rings. The van der Waals surface area contributed by atoms with Gasteiger partial charge in [0.25, 0.3) is 0 Å². The Morgan fingerprint density at radius 3 is 2.73 bits per heavy atom. The van der Waals surface area contributed by atoms with Crippen molar-refractivity contribution in [3.63, 3.8) is 0 Å². The first-order valence-electron chi connectivity index (χ1n) is 5.48. The van der Waals surface area contributed by atoms with Crippen LogP contribution in [0.4, 0.5) is 4.79 Å². The van der Waals surface area contributed by atoms with Crippen LogP contribution in [0, 0.1) is 5.92 Å². The predicted molar refractivity (Wildman–Crippen MR) is 59.5 cm³/mol. The Bertz CT molecular complexity index is 229. The van der Waals surface area contributed by atoms with E-state index in [0.29, 0.717) is 12.5 Å². The van der Waals surface area contributed by atoms with E-state index >= 15 is 0 Å². The number of hydrogen-bond acceptors (Lipinski definition) is 2. The van der Waals surface area contributed by atoms with Gasteiger partial charge in [0.1, 0.15) is 0 Å². The monoisotopic (exact) mass is 212 g/mol. The average Bonchev–Trinajstić information content (AvgIpc) is 2.25. The van der Waals surface area contributed by atoms with E-state index in [9.17, 15) is 4.79 Å². The van der Waals surface area contributed by atoms with Gasteiger partial charge in [-0.25, -0.2) is 4.79 Å². The smallest absolute Gasteiger partial charge is 0.318 e. The van der Waals surface area contributed by atoms with Crippen molar-refractivity contribution in [3.8, 4) is 0 Å². The standard InChI is InChI=1S/C11H20N2O2/c1-9(2)7-12-11(14)13-8-10-3-5-15-6-4-10/h8-9H,3-7H2,1-2H3,(H2,12,13,14). The molecule has 1 rings (SSSR count). The molecule has 15 heavy (non-hydrogen) atoms. The van der Waals surface area contributed by atoms with E-state index < -0.39 is 0 Å². The number of carbonyl (C=O) groups excluding carboxylic acids is 1. The Morgan fingerprint density at radius 1 is 1.47 bits per heavy atom. The van der Waals surface area contributed by atoms with Crippen molar-refractivity contribution in [3.05, 3.63) is 11.8 Å². The Morgan fingerprint density at radius 2 is 2.13 bits per heavy atom. The summed E-state index contributed by atoms with van der Waals surface area (Å²) in [4.78, 5) is 11.3. The second-order valence-electron chi connectivity index (χ2n) is 4.16. The van der Waals surface area contributed by atoms with Crippen LogP contribution in [0.3, 0.4) is 0 Å². The molecule has 2 amide bonds. The van der Waals surface area contributed by atoms with Crippen LogP contribution in [0.25, 0.3) is 0 Å². The molecule has 0 spiro atoms. The van der Waals surface area contributed by atoms with Gasteiger partial charge in [0.2, 0.25) is 0 Å². The summed E-state index contributed by atoms with van der Waals surface area (Å²) in [5.41, 5.74) is 1.25. The van der Waals surface area contributed by atoms with Crippen molar-refractivity contribution in [2.75, 3.05) is 19.8 Å². The van der Waals surface area contributed by atoms with E-state index in [-0.39, 0.29) is 6.03 Å². The molecular weight excluding hydrogens is 192 g/mol. The van der Waals surface area contributed by atoms with E-state index in [4.69, 9.17) is 4.74 Å². The molecule has 0 atom stereocenters. The highest BCUT2D eigenvalue weighted by atomic mass is 16.5. The molecule has 0 radical (unpaired) electrons. The number of hydrogen-bond donors (Lipinski definition) is 2. The van der Waals surface area contributed by atoms with Gasteiger partial charge in [-0.3, -0.25) is 0 Å². The Labute approximate surface area is 91.1 Å². The highest BCUT2D eigenvalue weighted by molar-refractivity contribution is 5.74. The van der Waals surface area contributed by atoms with Crippen LogP contribution in [-0.4, -0.2) is 25.8 Å². The zero-order valence-electron chi connectivity index (χ0n) is 9.51. The van der Waals surface area contributed by atoms with Gasteiger partial charge in [-0.15, -0.1) is 0 Å². The van der Waals surface area contributed by atoms with Crippen LogP contribution >= 0.6 is 0 Å². The fourth-order valence-corrected chi connectivity index (χ4v) is 1.29. The minimum Gasteiger partial charge on any atom is -0.381 e. The van der Waals surface area contributed by atoms with Crippen molar-refractivity contribution >= 4 is 6.03 Å². The van der Waals surface area contributed by atoms with Crippen LogP contribution in [0.2, 0.25) is 0 Å². The Hall–Kier alpha value is -1.03. The molecule has 0 aromatic heterocycles. The van der Waals surface area contributed by atoms with Gasteiger partial charge in [0.15, 0.2) is 0 Å². The van der Waals surface area contributed by atoms with E-state index in [1.165, 1.54) is 5.57 Å². The molecule has 1 fully saturated rings. The number of rotatable bonds is 3. The lowest BCUT2D eigenvalue weighted by atomic mass is 10.1. The van der Waals surface area contributed by atoms with E-state index in [0.717, 1.165) is 26.1 Å². The molecule has 4 heteroatoms. The fourth-order valence-electron chi connectivity index (χ4n) is 1.29. The van der Waals surface area contributed by atoms with Gasteiger partial charge in [-0.2, -0.15) is 0 Å². The summed E-state index contributed by atoms with van der Waals surface area (Å²) < 4.78 is 5.22. The van der Waals surface area contributed by atoms with Gasteiger partial charge < -0.3 is 15.4 Å². The third-order valence-corrected chi connectivity index (χ3v) is 2.21. The summed E-state index contributed by atoms with van der Waals surface area (Å²) in [6.45, 7) is 6.37. The van der Waals surface area contributed by atoms with Gasteiger partial charge in [-0.05, 0) is 24.3 Å². The van der Waals surface area contributed by atoms with Gasteiger partial charge in [0.05, 0.1) is 13.2 Å². The lowest BCUT2D eigenvalue weighted by molar-refractivity contribution is 0.119. The summed E-state index contributed by atoms with van der Waals surface area (Å²) in [6, 6.07) is -0.123. The van der Waals surface area contributed by atoms with Crippen molar-refractivity contribution in [2.45, 2.75) is 26.7 Å². The molecule has 86 valence electrons. The summed E-state index contributed by atoms with van der Waals surface area (Å²) in [6.07, 6.45) is 3.65. The summed E-state index contributed by atoms with van der Waals surface area (Å²) in [5, 5.41) is 5.54. The zero-order chi connectivity index (χ0) is 11.1. The van der Waals surface area contributed by atoms with Crippen molar-refractivity contribution < 1.29 is 9.53 Å². The summed E-state index contributed by atoms with van der Waals surface area (Å²) in [7, 11) is 0. The van der Waals surface area contributed by atoms with E-state index in [1.54, 1.807) is 6.20 Å². The Balaban J connectivity index is 2.19. The maximum absolute atomic E-state index is 11.3. The number of amides is 2. The molecular formula is C11H20N2O2. The third kappa shape index (κ3) is 5.42. The number of carbonyl (C=O) groups is 1. The van der Waals surface area contributed by atoms with Crippen LogP contribution in [-0.2, 0) is 4.74 Å². The minimum absolute atomic E-state index is 0.123. The molecule has 1 saturated heterocycles. The van der Waals surface area contributed by atoms with Crippen molar-refractivity contribution in [2.24, 2.45) is 5.92 Å². The number of nitrogens with one attached hydrogen (secondary N) is 2. The predicted octanol–water partition coefficient (Wildman–Crippen LogP) is 1.64.